The number of hydrogen-bond donors (Lipinski definition) is 0. The number of halogens is 1. The van der Waals surface area contributed by atoms with Crippen LogP contribution in [0.15, 0.2) is 4.99 Å². The second-order valence-corrected chi connectivity index (χ2v) is 2.99. The van der Waals surface area contributed by atoms with E-state index in [0.717, 1.165) is 6.54 Å². The van der Waals surface area contributed by atoms with E-state index in [4.69, 9.17) is 11.6 Å². The highest BCUT2D eigenvalue weighted by atomic mass is 35.5. The van der Waals surface area contributed by atoms with Crippen LogP contribution in [0, 0.1) is 0 Å². The summed E-state index contributed by atoms with van der Waals surface area (Å²) in [5.74, 6) is 0. The predicted molar refractivity (Wildman–Crippen MR) is 48.0 cm³/mol. The summed E-state index contributed by atoms with van der Waals surface area (Å²) >= 11 is 5.54. The Morgan fingerprint density at radius 2 is 2.00 bits per heavy atom. The van der Waals surface area contributed by atoms with E-state index >= 15 is 0 Å². The first-order valence-electron chi connectivity index (χ1n) is 3.94. The maximum Gasteiger partial charge on any atom is 0.0972 e. The van der Waals surface area contributed by atoms with Gasteiger partial charge in [-0.1, -0.05) is 37.8 Å². The molecule has 0 unspecified atom stereocenters. The van der Waals surface area contributed by atoms with Crippen LogP contribution >= 0.6 is 11.6 Å². The van der Waals surface area contributed by atoms with Gasteiger partial charge in [0, 0.05) is 6.54 Å². The van der Waals surface area contributed by atoms with E-state index in [1.54, 1.807) is 0 Å². The Morgan fingerprint density at radius 1 is 1.30 bits per heavy atom. The SMILES string of the molecule is CCCCCCN=C(C)Cl. The lowest BCUT2D eigenvalue weighted by Crippen LogP contribution is -1.84. The molecule has 10 heavy (non-hydrogen) atoms. The summed E-state index contributed by atoms with van der Waals surface area (Å²) in [6, 6.07) is 0. The van der Waals surface area contributed by atoms with Crippen molar-refractivity contribution in [2.45, 2.75) is 39.5 Å². The van der Waals surface area contributed by atoms with Crippen LogP contribution in [0.2, 0.25) is 0 Å². The summed E-state index contributed by atoms with van der Waals surface area (Å²) in [6.07, 6.45) is 5.06. The fraction of sp³-hybridized carbons (Fsp3) is 0.875. The van der Waals surface area contributed by atoms with Crippen molar-refractivity contribution in [2.75, 3.05) is 6.54 Å². The van der Waals surface area contributed by atoms with Crippen molar-refractivity contribution in [1.29, 1.82) is 0 Å². The Balaban J connectivity index is 2.98. The van der Waals surface area contributed by atoms with Crippen LogP contribution < -0.4 is 0 Å². The quantitative estimate of drug-likeness (QED) is 0.434. The molecule has 0 aromatic rings. The average molecular weight is 162 g/mol. The fourth-order valence-electron chi connectivity index (χ4n) is 0.772. The molecule has 1 nitrogen and oxygen atoms in total. The van der Waals surface area contributed by atoms with Crippen LogP contribution in [0.4, 0.5) is 0 Å². The van der Waals surface area contributed by atoms with Gasteiger partial charge in [0.05, 0.1) is 5.17 Å². The summed E-state index contributed by atoms with van der Waals surface area (Å²) in [5.41, 5.74) is 0. The molecule has 0 aliphatic rings. The average Bonchev–Trinajstić information content (AvgIpc) is 1.87. The molecule has 2 heteroatoms. The van der Waals surface area contributed by atoms with Crippen LogP contribution in [0.1, 0.15) is 39.5 Å². The molecule has 0 fully saturated rings. The lowest BCUT2D eigenvalue weighted by atomic mass is 10.2. The van der Waals surface area contributed by atoms with Gasteiger partial charge in [0.2, 0.25) is 0 Å². The van der Waals surface area contributed by atoms with E-state index in [1.165, 1.54) is 25.7 Å². The van der Waals surface area contributed by atoms with E-state index in [-0.39, 0.29) is 0 Å². The molecule has 0 saturated heterocycles. The fourth-order valence-corrected chi connectivity index (χ4v) is 0.856. The van der Waals surface area contributed by atoms with E-state index in [9.17, 15) is 0 Å². The number of rotatable bonds is 5. The molecule has 0 aromatic heterocycles. The highest BCUT2D eigenvalue weighted by molar-refractivity contribution is 6.64. The number of unbranched alkanes of at least 4 members (excludes halogenated alkanes) is 3. The summed E-state index contributed by atoms with van der Waals surface area (Å²) in [7, 11) is 0. The highest BCUT2D eigenvalue weighted by Crippen LogP contribution is 1.99. The molecule has 0 heterocycles. The van der Waals surface area contributed by atoms with Crippen molar-refractivity contribution < 1.29 is 0 Å². The summed E-state index contributed by atoms with van der Waals surface area (Å²) in [5, 5.41) is 0.677. The maximum absolute atomic E-state index is 5.54. The van der Waals surface area contributed by atoms with Crippen molar-refractivity contribution in [3.8, 4) is 0 Å². The third-order valence-electron chi connectivity index (χ3n) is 1.34. The van der Waals surface area contributed by atoms with Crippen LogP contribution in [-0.2, 0) is 0 Å². The van der Waals surface area contributed by atoms with E-state index in [1.807, 2.05) is 6.92 Å². The zero-order chi connectivity index (χ0) is 7.82. The molecular weight excluding hydrogens is 146 g/mol. The highest BCUT2D eigenvalue weighted by Gasteiger charge is 1.85. The Morgan fingerprint density at radius 3 is 2.50 bits per heavy atom. The van der Waals surface area contributed by atoms with Crippen molar-refractivity contribution in [1.82, 2.24) is 0 Å². The molecule has 0 aliphatic carbocycles. The van der Waals surface area contributed by atoms with Gasteiger partial charge in [0.25, 0.3) is 0 Å². The smallest absolute Gasteiger partial charge is 0.0972 e. The van der Waals surface area contributed by atoms with Gasteiger partial charge in [-0.2, -0.15) is 0 Å². The topological polar surface area (TPSA) is 12.4 Å². The molecule has 0 atom stereocenters. The van der Waals surface area contributed by atoms with Gasteiger partial charge < -0.3 is 0 Å². The molecule has 0 N–H and O–H groups in total. The number of nitrogens with zero attached hydrogens (tertiary/aromatic N) is 1. The monoisotopic (exact) mass is 161 g/mol. The summed E-state index contributed by atoms with van der Waals surface area (Å²) < 4.78 is 0. The molecule has 0 saturated carbocycles. The van der Waals surface area contributed by atoms with Crippen molar-refractivity contribution in [3.63, 3.8) is 0 Å². The van der Waals surface area contributed by atoms with Crippen molar-refractivity contribution >= 4 is 16.8 Å². The van der Waals surface area contributed by atoms with E-state index < -0.39 is 0 Å². The Kier molecular flexibility index (Phi) is 7.04. The first-order chi connectivity index (χ1) is 4.77. The Bertz CT molecular complexity index is 95.4. The molecule has 60 valence electrons. The molecule has 0 radical (unpaired) electrons. The summed E-state index contributed by atoms with van der Waals surface area (Å²) in [4.78, 5) is 4.08. The third-order valence-corrected chi connectivity index (χ3v) is 1.46. The number of hydrogen-bond acceptors (Lipinski definition) is 1. The molecule has 0 aromatic carbocycles. The van der Waals surface area contributed by atoms with Gasteiger partial charge in [0.15, 0.2) is 0 Å². The molecule has 0 amide bonds. The van der Waals surface area contributed by atoms with Gasteiger partial charge in [-0.3, -0.25) is 4.99 Å². The standard InChI is InChI=1S/C8H16ClN/c1-3-4-5-6-7-10-8(2)9/h3-7H2,1-2H3. The minimum Gasteiger partial charge on any atom is -0.278 e. The molecule has 0 aliphatic heterocycles. The van der Waals surface area contributed by atoms with Gasteiger partial charge in [-0.05, 0) is 13.3 Å². The second-order valence-electron chi connectivity index (χ2n) is 2.44. The lowest BCUT2D eigenvalue weighted by molar-refractivity contribution is 0.675. The van der Waals surface area contributed by atoms with E-state index in [2.05, 4.69) is 11.9 Å². The van der Waals surface area contributed by atoms with E-state index in [0.29, 0.717) is 5.17 Å². The van der Waals surface area contributed by atoms with Crippen LogP contribution in [0.25, 0.3) is 0 Å². The Hall–Kier alpha value is -0.0400. The second kappa shape index (κ2) is 7.07. The molecule has 0 bridgehead atoms. The van der Waals surface area contributed by atoms with Gasteiger partial charge in [-0.25, -0.2) is 0 Å². The van der Waals surface area contributed by atoms with Gasteiger partial charge in [0.1, 0.15) is 0 Å². The van der Waals surface area contributed by atoms with Crippen LogP contribution in [0.3, 0.4) is 0 Å². The first kappa shape index (κ1) is 9.96. The normalized spacial score (nSPS) is 12.1. The minimum atomic E-state index is 0.677. The van der Waals surface area contributed by atoms with Gasteiger partial charge >= 0.3 is 0 Å². The lowest BCUT2D eigenvalue weighted by Gasteiger charge is -1.93. The molecular formula is C8H16ClN. The number of aliphatic imine (C=N–C) groups is 1. The molecule has 0 rings (SSSR count). The Labute approximate surface area is 68.5 Å². The minimum absolute atomic E-state index is 0.677. The van der Waals surface area contributed by atoms with Gasteiger partial charge in [-0.15, -0.1) is 0 Å². The third kappa shape index (κ3) is 7.96. The molecule has 0 spiro atoms. The van der Waals surface area contributed by atoms with Crippen LogP contribution in [-0.4, -0.2) is 11.7 Å². The maximum atomic E-state index is 5.54. The van der Waals surface area contributed by atoms with Crippen LogP contribution in [0.5, 0.6) is 0 Å². The zero-order valence-corrected chi connectivity index (χ0v) is 7.62. The predicted octanol–water partition coefficient (Wildman–Crippen LogP) is 3.22. The largest absolute Gasteiger partial charge is 0.278 e. The van der Waals surface area contributed by atoms with Crippen molar-refractivity contribution in [2.24, 2.45) is 4.99 Å². The van der Waals surface area contributed by atoms with Crippen molar-refractivity contribution in [3.05, 3.63) is 0 Å². The first-order valence-corrected chi connectivity index (χ1v) is 4.31. The zero-order valence-electron chi connectivity index (χ0n) is 6.86. The summed E-state index contributed by atoms with van der Waals surface area (Å²) in [6.45, 7) is 4.92.